The number of rotatable bonds is 4. The summed E-state index contributed by atoms with van der Waals surface area (Å²) in [6.45, 7) is 3.44. The molecule has 6 nitrogen and oxygen atoms in total. The Morgan fingerprint density at radius 1 is 1.47 bits per heavy atom. The molecule has 7 heteroatoms. The molecule has 1 aromatic heterocycles. The van der Waals surface area contributed by atoms with E-state index < -0.39 is 5.97 Å². The zero-order valence-corrected chi connectivity index (χ0v) is 11.5. The van der Waals surface area contributed by atoms with E-state index in [9.17, 15) is 9.59 Å². The van der Waals surface area contributed by atoms with Crippen molar-refractivity contribution in [1.29, 1.82) is 0 Å². The topological polar surface area (TPSA) is 69.1 Å². The SMILES string of the molecule is COC(=O)c1sccc1NC(=O)C[NH+]1CCOCC1. The van der Waals surface area contributed by atoms with Gasteiger partial charge in [0.05, 0.1) is 26.0 Å². The Morgan fingerprint density at radius 2 is 2.21 bits per heavy atom. The fraction of sp³-hybridized carbons (Fsp3) is 0.500. The number of nitrogens with one attached hydrogen (secondary N) is 2. The number of anilines is 1. The molecule has 2 rings (SSSR count). The van der Waals surface area contributed by atoms with Crippen LogP contribution in [-0.4, -0.2) is 51.8 Å². The van der Waals surface area contributed by atoms with E-state index in [4.69, 9.17) is 4.74 Å². The standard InChI is InChI=1S/C12H16N2O4S/c1-17-12(16)11-9(2-7-19-11)13-10(15)8-14-3-5-18-6-4-14/h2,7H,3-6,8H2,1H3,(H,13,15)/p+1. The van der Waals surface area contributed by atoms with Gasteiger partial charge in [-0.1, -0.05) is 0 Å². The first kappa shape index (κ1) is 14.0. The Balaban J connectivity index is 1.91. The third kappa shape index (κ3) is 3.76. The van der Waals surface area contributed by atoms with Crippen LogP contribution in [0.15, 0.2) is 11.4 Å². The average molecular weight is 285 g/mol. The Labute approximate surface area is 115 Å². The van der Waals surface area contributed by atoms with Crippen molar-refractivity contribution in [2.24, 2.45) is 0 Å². The van der Waals surface area contributed by atoms with Gasteiger partial charge in [-0.25, -0.2) is 4.79 Å². The van der Waals surface area contributed by atoms with Crippen molar-refractivity contribution in [3.63, 3.8) is 0 Å². The van der Waals surface area contributed by atoms with Gasteiger partial charge in [-0.05, 0) is 11.4 Å². The molecule has 0 aromatic carbocycles. The van der Waals surface area contributed by atoms with E-state index >= 15 is 0 Å². The lowest BCUT2D eigenvalue weighted by Gasteiger charge is -2.23. The van der Waals surface area contributed by atoms with Gasteiger partial charge >= 0.3 is 5.97 Å². The van der Waals surface area contributed by atoms with E-state index in [-0.39, 0.29) is 5.91 Å². The predicted octanol–water partition coefficient (Wildman–Crippen LogP) is -0.612. The van der Waals surface area contributed by atoms with Crippen molar-refractivity contribution >= 4 is 28.9 Å². The van der Waals surface area contributed by atoms with Crippen LogP contribution >= 0.6 is 11.3 Å². The molecule has 0 atom stereocenters. The molecule has 2 heterocycles. The Kier molecular flexibility index (Phi) is 4.89. The molecule has 1 aliphatic heterocycles. The number of morpholine rings is 1. The minimum absolute atomic E-state index is 0.0968. The summed E-state index contributed by atoms with van der Waals surface area (Å²) in [5, 5.41) is 4.52. The highest BCUT2D eigenvalue weighted by atomic mass is 32.1. The number of ether oxygens (including phenoxy) is 2. The highest BCUT2D eigenvalue weighted by Crippen LogP contribution is 2.22. The number of hydrogen-bond acceptors (Lipinski definition) is 5. The number of esters is 1. The van der Waals surface area contributed by atoms with Gasteiger partial charge in [-0.15, -0.1) is 11.3 Å². The lowest BCUT2D eigenvalue weighted by Crippen LogP contribution is -3.15. The molecular weight excluding hydrogens is 268 g/mol. The third-order valence-electron chi connectivity index (χ3n) is 2.92. The molecule has 1 fully saturated rings. The number of carbonyl (C=O) groups excluding carboxylic acids is 2. The van der Waals surface area contributed by atoms with E-state index in [0.717, 1.165) is 13.1 Å². The van der Waals surface area contributed by atoms with Crippen LogP contribution in [0.4, 0.5) is 5.69 Å². The largest absolute Gasteiger partial charge is 0.465 e. The van der Waals surface area contributed by atoms with E-state index in [0.29, 0.717) is 30.3 Å². The van der Waals surface area contributed by atoms with Crippen LogP contribution in [0.1, 0.15) is 9.67 Å². The zero-order chi connectivity index (χ0) is 13.7. The van der Waals surface area contributed by atoms with Gasteiger partial charge in [0, 0.05) is 0 Å². The molecule has 0 unspecified atom stereocenters. The smallest absolute Gasteiger partial charge is 0.350 e. The molecule has 1 aliphatic rings. The molecule has 1 aromatic rings. The number of methoxy groups -OCH3 is 1. The van der Waals surface area contributed by atoms with Crippen LogP contribution in [0, 0.1) is 0 Å². The molecule has 0 saturated carbocycles. The van der Waals surface area contributed by atoms with Crippen molar-refractivity contribution < 1.29 is 24.0 Å². The van der Waals surface area contributed by atoms with Crippen molar-refractivity contribution in [2.45, 2.75) is 0 Å². The minimum Gasteiger partial charge on any atom is -0.465 e. The average Bonchev–Trinajstić information content (AvgIpc) is 2.87. The fourth-order valence-corrected chi connectivity index (χ4v) is 2.68. The van der Waals surface area contributed by atoms with Gasteiger partial charge in [-0.3, -0.25) is 4.79 Å². The molecular formula is C12H17N2O4S+. The van der Waals surface area contributed by atoms with E-state index in [1.54, 1.807) is 11.4 Å². The van der Waals surface area contributed by atoms with Crippen molar-refractivity contribution in [1.82, 2.24) is 0 Å². The summed E-state index contributed by atoms with van der Waals surface area (Å²) in [6.07, 6.45) is 0. The number of thiophene rings is 1. The van der Waals surface area contributed by atoms with Crippen LogP contribution < -0.4 is 10.2 Å². The summed E-state index contributed by atoms with van der Waals surface area (Å²) in [4.78, 5) is 25.0. The maximum absolute atomic E-state index is 11.9. The molecule has 0 radical (unpaired) electrons. The lowest BCUT2D eigenvalue weighted by molar-refractivity contribution is -0.899. The predicted molar refractivity (Wildman–Crippen MR) is 70.7 cm³/mol. The summed E-state index contributed by atoms with van der Waals surface area (Å²) in [5.41, 5.74) is 0.523. The highest BCUT2D eigenvalue weighted by Gasteiger charge is 2.20. The minimum atomic E-state index is -0.427. The summed E-state index contributed by atoms with van der Waals surface area (Å²) in [6, 6.07) is 1.71. The first-order valence-corrected chi connectivity index (χ1v) is 6.95. The van der Waals surface area contributed by atoms with Gasteiger partial charge in [0.1, 0.15) is 18.0 Å². The Hall–Kier alpha value is -1.44. The molecule has 19 heavy (non-hydrogen) atoms. The summed E-state index contributed by atoms with van der Waals surface area (Å²) < 4.78 is 9.91. The van der Waals surface area contributed by atoms with E-state index in [1.807, 2.05) is 0 Å². The molecule has 1 amide bonds. The number of carbonyl (C=O) groups is 2. The van der Waals surface area contributed by atoms with Crippen molar-refractivity contribution in [2.75, 3.05) is 45.3 Å². The number of quaternary nitrogens is 1. The lowest BCUT2D eigenvalue weighted by atomic mass is 10.3. The zero-order valence-electron chi connectivity index (χ0n) is 10.7. The van der Waals surface area contributed by atoms with Crippen LogP contribution in [0.3, 0.4) is 0 Å². The van der Waals surface area contributed by atoms with E-state index in [2.05, 4.69) is 10.1 Å². The second-order valence-corrected chi connectivity index (χ2v) is 5.16. The highest BCUT2D eigenvalue weighted by molar-refractivity contribution is 7.12. The van der Waals surface area contributed by atoms with Crippen molar-refractivity contribution in [3.05, 3.63) is 16.3 Å². The third-order valence-corrected chi connectivity index (χ3v) is 3.82. The summed E-state index contributed by atoms with van der Waals surface area (Å²) in [5.74, 6) is -0.524. The second kappa shape index (κ2) is 6.65. The van der Waals surface area contributed by atoms with Gasteiger partial charge in [0.25, 0.3) is 5.91 Å². The van der Waals surface area contributed by atoms with Crippen LogP contribution in [0.2, 0.25) is 0 Å². The summed E-state index contributed by atoms with van der Waals surface area (Å²) in [7, 11) is 1.32. The van der Waals surface area contributed by atoms with Crippen LogP contribution in [0.25, 0.3) is 0 Å². The Morgan fingerprint density at radius 3 is 2.89 bits per heavy atom. The quantitative estimate of drug-likeness (QED) is 0.724. The maximum atomic E-state index is 11.9. The van der Waals surface area contributed by atoms with Gasteiger partial charge < -0.3 is 19.7 Å². The molecule has 0 bridgehead atoms. The normalized spacial score (nSPS) is 16.1. The number of hydrogen-bond donors (Lipinski definition) is 2. The Bertz CT molecular complexity index is 454. The maximum Gasteiger partial charge on any atom is 0.350 e. The van der Waals surface area contributed by atoms with Gasteiger partial charge in [0.15, 0.2) is 6.54 Å². The second-order valence-electron chi connectivity index (χ2n) is 4.24. The first-order chi connectivity index (χ1) is 9.20. The van der Waals surface area contributed by atoms with E-state index in [1.165, 1.54) is 23.3 Å². The van der Waals surface area contributed by atoms with Crippen LogP contribution in [-0.2, 0) is 14.3 Å². The fourth-order valence-electron chi connectivity index (χ4n) is 1.92. The first-order valence-electron chi connectivity index (χ1n) is 6.07. The summed E-state index contributed by atoms with van der Waals surface area (Å²) >= 11 is 1.25. The van der Waals surface area contributed by atoms with Gasteiger partial charge in [-0.2, -0.15) is 0 Å². The molecule has 1 saturated heterocycles. The van der Waals surface area contributed by atoms with Crippen molar-refractivity contribution in [3.8, 4) is 0 Å². The molecule has 104 valence electrons. The molecule has 0 aliphatic carbocycles. The molecule has 0 spiro atoms. The van der Waals surface area contributed by atoms with Crippen LogP contribution in [0.5, 0.6) is 0 Å². The number of amides is 1. The van der Waals surface area contributed by atoms with Gasteiger partial charge in [0.2, 0.25) is 0 Å². The molecule has 2 N–H and O–H groups in total. The monoisotopic (exact) mass is 285 g/mol.